The van der Waals surface area contributed by atoms with E-state index >= 15 is 0 Å². The Kier molecular flexibility index (Phi) is 4.83. The minimum atomic E-state index is -5.57. The van der Waals surface area contributed by atoms with Crippen LogP contribution in [0.5, 0.6) is 0 Å². The van der Waals surface area contributed by atoms with Gasteiger partial charge in [0.05, 0.1) is 0 Å². The molecule has 0 atom stereocenters. The molecule has 0 aromatic heterocycles. The average molecular weight is 345 g/mol. The fourth-order valence-corrected chi connectivity index (χ4v) is 2.37. The second-order valence-corrected chi connectivity index (χ2v) is 6.68. The lowest BCUT2D eigenvalue weighted by molar-refractivity contribution is 0.0564. The maximum absolute atomic E-state index is 13.6. The second kappa shape index (κ2) is 6.31. The molecule has 2 aromatic rings. The fourth-order valence-electron chi connectivity index (χ4n) is 1.76. The maximum atomic E-state index is 13.6. The van der Waals surface area contributed by atoms with Crippen molar-refractivity contribution in [3.8, 4) is 0 Å². The standard InChI is InChI=1S/C15H12ClF2O3P/c16-14-8-6-11(7-9-14)4-5-12-2-1-3-13(10-12)15(17,18)22(19,20)21/h1-10H,(H2,19,20,21)/b5-4-. The predicted octanol–water partition coefficient (Wildman–Crippen LogP) is 4.74. The van der Waals surface area contributed by atoms with Gasteiger partial charge in [0.25, 0.3) is 0 Å². The molecule has 0 unspecified atom stereocenters. The number of rotatable bonds is 4. The molecule has 2 aromatic carbocycles. The first-order chi connectivity index (χ1) is 10.2. The molecule has 0 aliphatic carbocycles. The van der Waals surface area contributed by atoms with Crippen molar-refractivity contribution in [1.82, 2.24) is 0 Å². The van der Waals surface area contributed by atoms with E-state index in [1.807, 2.05) is 0 Å². The van der Waals surface area contributed by atoms with Gasteiger partial charge in [0.1, 0.15) is 0 Å². The van der Waals surface area contributed by atoms with Gasteiger partial charge in [0.15, 0.2) is 0 Å². The normalized spacial score (nSPS) is 12.8. The van der Waals surface area contributed by atoms with Gasteiger partial charge in [-0.3, -0.25) is 4.57 Å². The van der Waals surface area contributed by atoms with E-state index in [4.69, 9.17) is 21.4 Å². The minimum absolute atomic E-state index is 0.403. The third kappa shape index (κ3) is 3.81. The maximum Gasteiger partial charge on any atom is 0.399 e. The molecule has 0 fully saturated rings. The molecule has 0 saturated heterocycles. The lowest BCUT2D eigenvalue weighted by Gasteiger charge is -2.18. The topological polar surface area (TPSA) is 57.5 Å². The number of benzene rings is 2. The van der Waals surface area contributed by atoms with Crippen LogP contribution in [0.4, 0.5) is 8.78 Å². The molecule has 0 amide bonds. The Labute approximate surface area is 131 Å². The fraction of sp³-hybridized carbons (Fsp3) is 0.0667. The molecule has 3 nitrogen and oxygen atoms in total. The second-order valence-electron chi connectivity index (χ2n) is 4.60. The molecule has 0 aliphatic rings. The molecule has 2 N–H and O–H groups in total. The van der Waals surface area contributed by atoms with E-state index in [0.717, 1.165) is 17.7 Å². The predicted molar refractivity (Wildman–Crippen MR) is 82.8 cm³/mol. The van der Waals surface area contributed by atoms with Gasteiger partial charge in [-0.05, 0) is 29.3 Å². The Morgan fingerprint density at radius 1 is 1.00 bits per heavy atom. The first kappa shape index (κ1) is 16.8. The van der Waals surface area contributed by atoms with Crippen LogP contribution in [-0.2, 0) is 10.2 Å². The van der Waals surface area contributed by atoms with Gasteiger partial charge in [-0.15, -0.1) is 0 Å². The number of halogens is 3. The Balaban J connectivity index is 2.29. The zero-order valence-corrected chi connectivity index (χ0v) is 12.8. The van der Waals surface area contributed by atoms with Crippen LogP contribution >= 0.6 is 19.2 Å². The Morgan fingerprint density at radius 3 is 2.18 bits per heavy atom. The SMILES string of the molecule is O=P(O)(O)C(F)(F)c1cccc(/C=C\c2ccc(Cl)cc2)c1. The summed E-state index contributed by atoms with van der Waals surface area (Å²) in [7, 11) is -5.57. The highest BCUT2D eigenvalue weighted by Gasteiger charge is 2.50. The van der Waals surface area contributed by atoms with E-state index in [0.29, 0.717) is 10.6 Å². The van der Waals surface area contributed by atoms with E-state index in [1.54, 1.807) is 42.5 Å². The highest BCUT2D eigenvalue weighted by atomic mass is 35.5. The van der Waals surface area contributed by atoms with E-state index in [9.17, 15) is 13.3 Å². The van der Waals surface area contributed by atoms with Gasteiger partial charge in [0, 0.05) is 10.6 Å². The molecule has 0 spiro atoms. The molecule has 0 aliphatic heterocycles. The Hall–Kier alpha value is -1.52. The van der Waals surface area contributed by atoms with Crippen molar-refractivity contribution in [2.24, 2.45) is 0 Å². The summed E-state index contributed by atoms with van der Waals surface area (Å²) in [4.78, 5) is 17.5. The average Bonchev–Trinajstić information content (AvgIpc) is 2.46. The number of hydrogen-bond acceptors (Lipinski definition) is 1. The van der Waals surface area contributed by atoms with Gasteiger partial charge in [-0.1, -0.05) is 54.1 Å². The molecular weight excluding hydrogens is 333 g/mol. The van der Waals surface area contributed by atoms with Crippen LogP contribution in [0.2, 0.25) is 5.02 Å². The van der Waals surface area contributed by atoms with Crippen LogP contribution in [-0.4, -0.2) is 9.79 Å². The molecule has 7 heteroatoms. The lowest BCUT2D eigenvalue weighted by atomic mass is 10.1. The van der Waals surface area contributed by atoms with Crippen LogP contribution in [0, 0.1) is 0 Å². The summed E-state index contributed by atoms with van der Waals surface area (Å²) in [6, 6.07) is 11.8. The molecule has 0 bridgehead atoms. The number of alkyl halides is 2. The molecule has 22 heavy (non-hydrogen) atoms. The van der Waals surface area contributed by atoms with Crippen molar-refractivity contribution in [3.63, 3.8) is 0 Å². The van der Waals surface area contributed by atoms with Gasteiger partial charge in [-0.25, -0.2) is 0 Å². The van der Waals surface area contributed by atoms with Crippen LogP contribution in [0.15, 0.2) is 48.5 Å². The third-order valence-corrected chi connectivity index (χ3v) is 4.18. The van der Waals surface area contributed by atoms with Crippen LogP contribution in [0.1, 0.15) is 16.7 Å². The van der Waals surface area contributed by atoms with Gasteiger partial charge < -0.3 is 9.79 Å². The third-order valence-electron chi connectivity index (χ3n) is 2.94. The summed E-state index contributed by atoms with van der Waals surface area (Å²) in [6.45, 7) is 0. The molecule has 0 saturated carbocycles. The summed E-state index contributed by atoms with van der Waals surface area (Å²) in [5.74, 6) is 0. The highest BCUT2D eigenvalue weighted by Crippen LogP contribution is 2.59. The van der Waals surface area contributed by atoms with Gasteiger partial charge in [0.2, 0.25) is 0 Å². The van der Waals surface area contributed by atoms with Crippen LogP contribution in [0.3, 0.4) is 0 Å². The monoisotopic (exact) mass is 344 g/mol. The first-order valence-corrected chi connectivity index (χ1v) is 8.17. The van der Waals surface area contributed by atoms with Crippen molar-refractivity contribution in [2.75, 3.05) is 0 Å². The first-order valence-electron chi connectivity index (χ1n) is 6.18. The van der Waals surface area contributed by atoms with Gasteiger partial charge in [-0.2, -0.15) is 8.78 Å². The Bertz CT molecular complexity index is 739. The largest absolute Gasteiger partial charge is 0.399 e. The van der Waals surface area contributed by atoms with Crippen LogP contribution < -0.4 is 0 Å². The van der Waals surface area contributed by atoms with Crippen molar-refractivity contribution in [1.29, 1.82) is 0 Å². The highest BCUT2D eigenvalue weighted by molar-refractivity contribution is 7.52. The van der Waals surface area contributed by atoms with E-state index < -0.39 is 18.8 Å². The quantitative estimate of drug-likeness (QED) is 0.622. The van der Waals surface area contributed by atoms with Gasteiger partial charge >= 0.3 is 13.3 Å². The van der Waals surface area contributed by atoms with Crippen molar-refractivity contribution < 1.29 is 23.1 Å². The minimum Gasteiger partial charge on any atom is -0.320 e. The molecule has 116 valence electrons. The van der Waals surface area contributed by atoms with E-state index in [2.05, 4.69) is 0 Å². The van der Waals surface area contributed by atoms with Crippen molar-refractivity contribution >= 4 is 31.3 Å². The smallest absolute Gasteiger partial charge is 0.320 e. The summed E-state index contributed by atoms with van der Waals surface area (Å²) in [6.07, 6.45) is 3.26. The zero-order valence-electron chi connectivity index (χ0n) is 11.2. The number of hydrogen-bond donors (Lipinski definition) is 2. The van der Waals surface area contributed by atoms with E-state index in [-0.39, 0.29) is 0 Å². The summed E-state index contributed by atoms with van der Waals surface area (Å²) in [5, 5.41) is 0.584. The molecule has 0 radical (unpaired) electrons. The summed E-state index contributed by atoms with van der Waals surface area (Å²) in [5.41, 5.74) is -3.71. The van der Waals surface area contributed by atoms with Crippen LogP contribution in [0.25, 0.3) is 12.2 Å². The van der Waals surface area contributed by atoms with Crippen molar-refractivity contribution in [2.45, 2.75) is 5.66 Å². The summed E-state index contributed by atoms with van der Waals surface area (Å²) < 4.78 is 38.2. The molecule has 0 heterocycles. The summed E-state index contributed by atoms with van der Waals surface area (Å²) >= 11 is 5.76. The van der Waals surface area contributed by atoms with E-state index in [1.165, 1.54) is 6.07 Å². The van der Waals surface area contributed by atoms with Crippen molar-refractivity contribution in [3.05, 3.63) is 70.2 Å². The Morgan fingerprint density at radius 2 is 1.59 bits per heavy atom. The zero-order chi connectivity index (χ0) is 16.4. The molecular formula is C15H12ClF2O3P. The molecule has 2 rings (SSSR count). The lowest BCUT2D eigenvalue weighted by Crippen LogP contribution is -2.13.